The van der Waals surface area contributed by atoms with Gasteiger partial charge in [-0.15, -0.1) is 13.2 Å². The molecular formula is C11H8F3NO4. The van der Waals surface area contributed by atoms with Crippen LogP contribution in [0.3, 0.4) is 0 Å². The van der Waals surface area contributed by atoms with Gasteiger partial charge in [-0.25, -0.2) is 4.79 Å². The van der Waals surface area contributed by atoms with Gasteiger partial charge in [0.1, 0.15) is 11.8 Å². The van der Waals surface area contributed by atoms with Gasteiger partial charge in [-0.3, -0.25) is 0 Å². The summed E-state index contributed by atoms with van der Waals surface area (Å²) in [5.41, 5.74) is -0.823. The van der Waals surface area contributed by atoms with Crippen LogP contribution in [0, 0.1) is 11.3 Å². The van der Waals surface area contributed by atoms with Crippen molar-refractivity contribution in [3.05, 3.63) is 28.8 Å². The normalized spacial score (nSPS) is 10.7. The molecule has 0 radical (unpaired) electrons. The Morgan fingerprint density at radius 1 is 1.47 bits per heavy atom. The van der Waals surface area contributed by atoms with Crippen molar-refractivity contribution < 1.29 is 32.5 Å². The maximum atomic E-state index is 12.1. The minimum Gasteiger partial charge on any atom is -0.465 e. The first kappa shape index (κ1) is 14.8. The van der Waals surface area contributed by atoms with E-state index in [9.17, 15) is 18.0 Å². The lowest BCUT2D eigenvalue weighted by Gasteiger charge is -2.13. The van der Waals surface area contributed by atoms with Crippen LogP contribution in [0.4, 0.5) is 13.2 Å². The molecule has 0 spiro atoms. The van der Waals surface area contributed by atoms with Crippen molar-refractivity contribution in [2.24, 2.45) is 0 Å². The van der Waals surface area contributed by atoms with E-state index in [2.05, 4.69) is 9.47 Å². The Kier molecular flexibility index (Phi) is 4.34. The summed E-state index contributed by atoms with van der Waals surface area (Å²) in [7, 11) is 1.07. The third kappa shape index (κ3) is 3.59. The lowest BCUT2D eigenvalue weighted by Crippen LogP contribution is -2.18. The number of aliphatic hydroxyl groups excluding tert-OH is 1. The zero-order valence-corrected chi connectivity index (χ0v) is 9.61. The summed E-state index contributed by atoms with van der Waals surface area (Å²) in [5, 5.41) is 17.8. The minimum atomic E-state index is -4.98. The van der Waals surface area contributed by atoms with E-state index in [-0.39, 0.29) is 11.1 Å². The number of alkyl halides is 3. The lowest BCUT2D eigenvalue weighted by molar-refractivity contribution is -0.274. The first-order chi connectivity index (χ1) is 8.82. The third-order valence-electron chi connectivity index (χ3n) is 2.13. The molecule has 0 unspecified atom stereocenters. The number of methoxy groups -OCH3 is 1. The molecule has 0 aliphatic carbocycles. The SMILES string of the molecule is COC(=O)c1cc(C#N)c(OC(F)(F)F)cc1CO. The van der Waals surface area contributed by atoms with E-state index in [1.807, 2.05) is 0 Å². The van der Waals surface area contributed by atoms with E-state index in [0.717, 1.165) is 19.2 Å². The minimum absolute atomic E-state index is 0.134. The number of hydrogen-bond donors (Lipinski definition) is 1. The Morgan fingerprint density at radius 3 is 2.53 bits per heavy atom. The van der Waals surface area contributed by atoms with Crippen LogP contribution in [0.2, 0.25) is 0 Å². The van der Waals surface area contributed by atoms with Crippen molar-refractivity contribution >= 4 is 5.97 Å². The van der Waals surface area contributed by atoms with Crippen LogP contribution in [0.1, 0.15) is 21.5 Å². The molecule has 1 aromatic carbocycles. The number of carbonyl (C=O) groups is 1. The number of benzene rings is 1. The molecule has 19 heavy (non-hydrogen) atoms. The predicted molar refractivity (Wildman–Crippen MR) is 55.1 cm³/mol. The van der Waals surface area contributed by atoms with Gasteiger partial charge in [-0.2, -0.15) is 5.26 Å². The van der Waals surface area contributed by atoms with E-state index in [4.69, 9.17) is 10.4 Å². The van der Waals surface area contributed by atoms with Crippen molar-refractivity contribution in [3.63, 3.8) is 0 Å². The van der Waals surface area contributed by atoms with Crippen molar-refractivity contribution in [1.82, 2.24) is 0 Å². The number of carbonyl (C=O) groups excluding carboxylic acids is 1. The molecule has 102 valence electrons. The van der Waals surface area contributed by atoms with E-state index in [0.29, 0.717) is 0 Å². The average Bonchev–Trinajstić information content (AvgIpc) is 2.35. The van der Waals surface area contributed by atoms with Gasteiger partial charge < -0.3 is 14.6 Å². The van der Waals surface area contributed by atoms with Gasteiger partial charge in [0.25, 0.3) is 0 Å². The molecule has 0 amide bonds. The maximum absolute atomic E-state index is 12.1. The summed E-state index contributed by atoms with van der Waals surface area (Å²) in [6.45, 7) is -0.704. The van der Waals surface area contributed by atoms with Crippen LogP contribution in [0.25, 0.3) is 0 Å². The van der Waals surface area contributed by atoms with Crippen molar-refractivity contribution in [2.45, 2.75) is 13.0 Å². The Hall–Kier alpha value is -2.27. The van der Waals surface area contributed by atoms with Crippen LogP contribution in [-0.4, -0.2) is 24.5 Å². The predicted octanol–water partition coefficient (Wildman–Crippen LogP) is 1.74. The quantitative estimate of drug-likeness (QED) is 0.850. The van der Waals surface area contributed by atoms with Crippen molar-refractivity contribution in [1.29, 1.82) is 5.26 Å². The molecule has 0 aliphatic rings. The number of aliphatic hydroxyl groups is 1. The van der Waals surface area contributed by atoms with Crippen LogP contribution in [0.15, 0.2) is 12.1 Å². The van der Waals surface area contributed by atoms with Crippen LogP contribution < -0.4 is 4.74 Å². The molecule has 0 saturated carbocycles. The highest BCUT2D eigenvalue weighted by Gasteiger charge is 2.33. The first-order valence-electron chi connectivity index (χ1n) is 4.84. The molecule has 0 heterocycles. The van der Waals surface area contributed by atoms with Gasteiger partial charge in [0, 0.05) is 0 Å². The monoisotopic (exact) mass is 275 g/mol. The smallest absolute Gasteiger partial charge is 0.465 e. The van der Waals surface area contributed by atoms with Gasteiger partial charge in [0.05, 0.1) is 24.8 Å². The zero-order valence-electron chi connectivity index (χ0n) is 9.61. The Labute approximate surface area is 105 Å². The molecule has 0 fully saturated rings. The summed E-state index contributed by atoms with van der Waals surface area (Å²) in [4.78, 5) is 11.4. The van der Waals surface area contributed by atoms with Crippen LogP contribution >= 0.6 is 0 Å². The van der Waals surface area contributed by atoms with E-state index in [1.165, 1.54) is 6.07 Å². The number of halogens is 3. The Balaban J connectivity index is 3.36. The molecule has 5 nitrogen and oxygen atoms in total. The highest BCUT2D eigenvalue weighted by Crippen LogP contribution is 2.29. The van der Waals surface area contributed by atoms with Gasteiger partial charge in [0.2, 0.25) is 0 Å². The maximum Gasteiger partial charge on any atom is 0.573 e. The molecule has 0 aliphatic heterocycles. The molecule has 0 atom stereocenters. The topological polar surface area (TPSA) is 79.6 Å². The fraction of sp³-hybridized carbons (Fsp3) is 0.273. The van der Waals surface area contributed by atoms with Gasteiger partial charge >= 0.3 is 12.3 Å². The number of nitriles is 1. The average molecular weight is 275 g/mol. The second-order valence-corrected chi connectivity index (χ2v) is 3.31. The highest BCUT2D eigenvalue weighted by atomic mass is 19.4. The number of ether oxygens (including phenoxy) is 2. The van der Waals surface area contributed by atoms with Gasteiger partial charge in [-0.05, 0) is 17.7 Å². The Bertz CT molecular complexity index is 534. The standard InChI is InChI=1S/C11H8F3NO4/c1-18-10(17)8-2-6(4-15)9(3-7(8)5-16)19-11(12,13)14/h2-3,16H,5H2,1H3. The second kappa shape index (κ2) is 5.58. The summed E-state index contributed by atoms with van der Waals surface area (Å²) >= 11 is 0. The molecule has 1 N–H and O–H groups in total. The Morgan fingerprint density at radius 2 is 2.11 bits per heavy atom. The van der Waals surface area contributed by atoms with Crippen LogP contribution in [0.5, 0.6) is 5.75 Å². The largest absolute Gasteiger partial charge is 0.573 e. The van der Waals surface area contributed by atoms with Crippen molar-refractivity contribution in [2.75, 3.05) is 7.11 Å². The van der Waals surface area contributed by atoms with E-state index >= 15 is 0 Å². The summed E-state index contributed by atoms with van der Waals surface area (Å²) in [6, 6.07) is 3.12. The zero-order chi connectivity index (χ0) is 14.6. The van der Waals surface area contributed by atoms with E-state index < -0.39 is 30.3 Å². The van der Waals surface area contributed by atoms with E-state index in [1.54, 1.807) is 0 Å². The summed E-state index contributed by atoms with van der Waals surface area (Å²) < 4.78 is 44.4. The fourth-order valence-corrected chi connectivity index (χ4v) is 1.35. The van der Waals surface area contributed by atoms with Gasteiger partial charge in [0.15, 0.2) is 0 Å². The molecule has 0 saturated heterocycles. The highest BCUT2D eigenvalue weighted by molar-refractivity contribution is 5.91. The lowest BCUT2D eigenvalue weighted by atomic mass is 10.0. The van der Waals surface area contributed by atoms with Gasteiger partial charge in [-0.1, -0.05) is 0 Å². The summed E-state index contributed by atoms with van der Waals surface area (Å²) in [5.74, 6) is -1.66. The van der Waals surface area contributed by atoms with Crippen molar-refractivity contribution in [3.8, 4) is 11.8 Å². The molecule has 8 heteroatoms. The number of esters is 1. The number of nitrogens with zero attached hydrogens (tertiary/aromatic N) is 1. The molecular weight excluding hydrogens is 267 g/mol. The molecule has 0 bridgehead atoms. The molecule has 1 rings (SSSR count). The third-order valence-corrected chi connectivity index (χ3v) is 2.13. The van der Waals surface area contributed by atoms with Crippen LogP contribution in [-0.2, 0) is 11.3 Å². The fourth-order valence-electron chi connectivity index (χ4n) is 1.35. The first-order valence-corrected chi connectivity index (χ1v) is 4.84. The summed E-state index contributed by atoms with van der Waals surface area (Å²) in [6.07, 6.45) is -4.98. The molecule has 1 aromatic rings. The molecule has 0 aromatic heterocycles. The second-order valence-electron chi connectivity index (χ2n) is 3.31. The number of rotatable bonds is 3. The number of hydrogen-bond acceptors (Lipinski definition) is 5.